The molecule has 0 aliphatic rings. The lowest BCUT2D eigenvalue weighted by atomic mass is 10.2. The summed E-state index contributed by atoms with van der Waals surface area (Å²) in [5.41, 5.74) is 1.86. The van der Waals surface area contributed by atoms with Crippen molar-refractivity contribution in [2.24, 2.45) is 0 Å². The van der Waals surface area contributed by atoms with Gasteiger partial charge in [0.25, 0.3) is 0 Å². The summed E-state index contributed by atoms with van der Waals surface area (Å²) in [5, 5.41) is -0.633. The van der Waals surface area contributed by atoms with Crippen LogP contribution in [0.3, 0.4) is 0 Å². The van der Waals surface area contributed by atoms with Gasteiger partial charge in [-0.05, 0) is 38.1 Å². The Morgan fingerprint density at radius 1 is 1.00 bits per heavy atom. The Morgan fingerprint density at radius 2 is 1.57 bits per heavy atom. The van der Waals surface area contributed by atoms with Crippen LogP contribution in [0.4, 0.5) is 0 Å². The van der Waals surface area contributed by atoms with Crippen LogP contribution >= 0.6 is 0 Å². The highest BCUT2D eigenvalue weighted by Gasteiger charge is 2.24. The van der Waals surface area contributed by atoms with E-state index in [0.29, 0.717) is 4.90 Å². The molecule has 118 valence electrons. The second-order valence-electron chi connectivity index (χ2n) is 5.51. The van der Waals surface area contributed by atoms with Crippen molar-refractivity contribution in [3.8, 4) is 11.8 Å². The van der Waals surface area contributed by atoms with E-state index in [4.69, 9.17) is 0 Å². The fourth-order valence-electron chi connectivity index (χ4n) is 2.19. The quantitative estimate of drug-likeness (QED) is 0.623. The van der Waals surface area contributed by atoms with E-state index in [2.05, 4.69) is 11.8 Å². The Morgan fingerprint density at radius 3 is 2.13 bits per heavy atom. The summed E-state index contributed by atoms with van der Waals surface area (Å²) in [4.78, 5) is 0.337. The van der Waals surface area contributed by atoms with Crippen LogP contribution in [0.2, 0.25) is 0 Å². The zero-order valence-corrected chi connectivity index (χ0v) is 14.2. The van der Waals surface area contributed by atoms with Crippen LogP contribution in [0.25, 0.3) is 0 Å². The van der Waals surface area contributed by atoms with Crippen molar-refractivity contribution in [2.45, 2.75) is 30.4 Å². The van der Waals surface area contributed by atoms with Crippen molar-refractivity contribution in [1.29, 1.82) is 0 Å². The fraction of sp³-hybridized carbons (Fsp3) is 0.200. The van der Waals surface area contributed by atoms with Gasteiger partial charge >= 0.3 is 0 Å². The molecule has 0 N–H and O–H groups in total. The second-order valence-corrected chi connectivity index (χ2v) is 7.68. The highest BCUT2D eigenvalue weighted by Crippen LogP contribution is 2.20. The Bertz CT molecular complexity index is 819. The molecule has 0 heterocycles. The lowest BCUT2D eigenvalue weighted by molar-refractivity contribution is 0.588. The maximum atomic E-state index is 12.8. The Kier molecular flexibility index (Phi) is 5.78. The van der Waals surface area contributed by atoms with E-state index in [1.54, 1.807) is 30.3 Å². The lowest BCUT2D eigenvalue weighted by Gasteiger charge is -2.12. The summed E-state index contributed by atoms with van der Waals surface area (Å²) in [5.74, 6) is 6.04. The Balaban J connectivity index is 2.28. The molecule has 0 bridgehead atoms. The first-order valence-electron chi connectivity index (χ1n) is 7.48. The fourth-order valence-corrected chi connectivity index (χ4v) is 3.83. The molecule has 0 fully saturated rings. The van der Waals surface area contributed by atoms with Crippen molar-refractivity contribution in [3.63, 3.8) is 0 Å². The predicted molar refractivity (Wildman–Crippen MR) is 94.8 cm³/mol. The standard InChI is InChI=1S/C20H20O2S/c1-17(2)16-20(15-9-12-18-10-5-3-6-11-18)23(21,22)19-13-7-4-8-14-19/h3-8,10-11,13-14,16,20H,15H2,1-2H3. The van der Waals surface area contributed by atoms with Gasteiger partial charge in [-0.25, -0.2) is 8.42 Å². The third-order valence-corrected chi connectivity index (χ3v) is 5.33. The molecule has 0 aliphatic heterocycles. The summed E-state index contributed by atoms with van der Waals surface area (Å²) in [7, 11) is -3.43. The number of rotatable bonds is 4. The van der Waals surface area contributed by atoms with E-state index in [1.165, 1.54) is 0 Å². The van der Waals surface area contributed by atoms with E-state index >= 15 is 0 Å². The van der Waals surface area contributed by atoms with Crippen molar-refractivity contribution in [1.82, 2.24) is 0 Å². The molecular weight excluding hydrogens is 304 g/mol. The summed E-state index contributed by atoms with van der Waals surface area (Å²) in [6.07, 6.45) is 2.05. The van der Waals surface area contributed by atoms with Crippen LogP contribution < -0.4 is 0 Å². The van der Waals surface area contributed by atoms with Crippen LogP contribution in [0.1, 0.15) is 25.8 Å². The van der Waals surface area contributed by atoms with Gasteiger partial charge in [-0.3, -0.25) is 0 Å². The topological polar surface area (TPSA) is 34.1 Å². The van der Waals surface area contributed by atoms with Gasteiger partial charge in [0, 0.05) is 12.0 Å². The molecule has 0 amide bonds. The number of sulfone groups is 1. The number of hydrogen-bond acceptors (Lipinski definition) is 2. The van der Waals surface area contributed by atoms with E-state index in [-0.39, 0.29) is 6.42 Å². The molecule has 1 atom stereocenters. The molecule has 3 heteroatoms. The maximum absolute atomic E-state index is 12.8. The third kappa shape index (κ3) is 4.84. The number of benzene rings is 2. The normalized spacial score (nSPS) is 11.9. The first kappa shape index (κ1) is 17.1. The summed E-state index contributed by atoms with van der Waals surface area (Å²) in [6, 6.07) is 18.1. The van der Waals surface area contributed by atoms with Crippen molar-refractivity contribution in [2.75, 3.05) is 0 Å². The first-order chi connectivity index (χ1) is 11.0. The minimum atomic E-state index is -3.43. The van der Waals surface area contributed by atoms with Gasteiger partial charge in [0.2, 0.25) is 0 Å². The Labute approximate surface area is 138 Å². The van der Waals surface area contributed by atoms with Crippen LogP contribution in [-0.4, -0.2) is 13.7 Å². The van der Waals surface area contributed by atoms with Crippen LogP contribution in [0, 0.1) is 11.8 Å². The van der Waals surface area contributed by atoms with Gasteiger partial charge in [-0.15, -0.1) is 0 Å². The monoisotopic (exact) mass is 324 g/mol. The third-order valence-electron chi connectivity index (χ3n) is 3.30. The molecule has 0 saturated heterocycles. The minimum Gasteiger partial charge on any atom is -0.223 e. The molecule has 0 aromatic heterocycles. The highest BCUT2D eigenvalue weighted by molar-refractivity contribution is 7.92. The maximum Gasteiger partial charge on any atom is 0.185 e. The second kappa shape index (κ2) is 7.80. The van der Waals surface area contributed by atoms with Crippen LogP contribution in [0.15, 0.2) is 77.2 Å². The SMILES string of the molecule is CC(C)=CC(CC#Cc1ccccc1)S(=O)(=O)c1ccccc1. The van der Waals surface area contributed by atoms with Crippen LogP contribution in [0.5, 0.6) is 0 Å². The summed E-state index contributed by atoms with van der Waals surface area (Å²) in [6.45, 7) is 3.80. The molecule has 0 spiro atoms. The molecule has 1 unspecified atom stereocenters. The van der Waals surface area contributed by atoms with Gasteiger partial charge < -0.3 is 0 Å². The molecule has 2 aromatic carbocycles. The molecule has 2 nitrogen and oxygen atoms in total. The zero-order valence-electron chi connectivity index (χ0n) is 13.4. The zero-order chi connectivity index (χ0) is 16.7. The molecule has 0 radical (unpaired) electrons. The predicted octanol–water partition coefficient (Wildman–Crippen LogP) is 4.24. The van der Waals surface area contributed by atoms with Gasteiger partial charge in [0.05, 0.1) is 10.1 Å². The lowest BCUT2D eigenvalue weighted by Crippen LogP contribution is -2.19. The van der Waals surface area contributed by atoms with Gasteiger partial charge in [-0.1, -0.05) is 59.9 Å². The first-order valence-corrected chi connectivity index (χ1v) is 9.02. The molecule has 2 aromatic rings. The van der Waals surface area contributed by atoms with Crippen molar-refractivity contribution in [3.05, 3.63) is 77.9 Å². The average Bonchev–Trinajstić information content (AvgIpc) is 2.55. The smallest absolute Gasteiger partial charge is 0.185 e. The number of allylic oxidation sites excluding steroid dienone is 1. The Hall–Kier alpha value is -2.31. The van der Waals surface area contributed by atoms with E-state index < -0.39 is 15.1 Å². The highest BCUT2D eigenvalue weighted by atomic mass is 32.2. The van der Waals surface area contributed by atoms with E-state index in [0.717, 1.165) is 11.1 Å². The largest absolute Gasteiger partial charge is 0.223 e. The number of hydrogen-bond donors (Lipinski definition) is 0. The summed E-state index contributed by atoms with van der Waals surface area (Å²) >= 11 is 0. The van der Waals surface area contributed by atoms with Gasteiger partial charge in [0.1, 0.15) is 0 Å². The van der Waals surface area contributed by atoms with Crippen molar-refractivity contribution < 1.29 is 8.42 Å². The molecule has 2 rings (SSSR count). The molecular formula is C20H20O2S. The van der Waals surface area contributed by atoms with Gasteiger partial charge in [-0.2, -0.15) is 0 Å². The van der Waals surface area contributed by atoms with Crippen LogP contribution in [-0.2, 0) is 9.84 Å². The summed E-state index contributed by atoms with van der Waals surface area (Å²) < 4.78 is 25.6. The van der Waals surface area contributed by atoms with E-state index in [1.807, 2.05) is 50.2 Å². The molecule has 0 aliphatic carbocycles. The van der Waals surface area contributed by atoms with Gasteiger partial charge in [0.15, 0.2) is 9.84 Å². The van der Waals surface area contributed by atoms with E-state index in [9.17, 15) is 8.42 Å². The van der Waals surface area contributed by atoms with Crippen molar-refractivity contribution >= 4 is 9.84 Å². The minimum absolute atomic E-state index is 0.275. The molecule has 23 heavy (non-hydrogen) atoms. The average molecular weight is 324 g/mol. The molecule has 0 saturated carbocycles.